The Morgan fingerprint density at radius 1 is 1.38 bits per heavy atom. The summed E-state index contributed by atoms with van der Waals surface area (Å²) in [5.74, 6) is -0.0448. The molecule has 1 amide bonds. The van der Waals surface area contributed by atoms with E-state index in [1.807, 2.05) is 6.92 Å². The number of hydrogen-bond acceptors (Lipinski definition) is 4. The molecule has 1 unspecified atom stereocenters. The highest BCUT2D eigenvalue weighted by Gasteiger charge is 2.03. The predicted octanol–water partition coefficient (Wildman–Crippen LogP) is -0.831. The van der Waals surface area contributed by atoms with Crippen LogP contribution in [0, 0.1) is 0 Å². The summed E-state index contributed by atoms with van der Waals surface area (Å²) in [5.41, 5.74) is 5.51. The van der Waals surface area contributed by atoms with Gasteiger partial charge in [0, 0.05) is 25.6 Å². The minimum atomic E-state index is -3.13. The second kappa shape index (κ2) is 7.59. The lowest BCUT2D eigenvalue weighted by molar-refractivity contribution is -0.121. The molecular weight excluding hydrogens is 230 g/mol. The SMILES string of the molecule is CC(N)CCC(=O)NCCCNS(C)(=O)=O. The van der Waals surface area contributed by atoms with Gasteiger partial charge in [0.05, 0.1) is 6.26 Å². The lowest BCUT2D eigenvalue weighted by atomic mass is 10.2. The van der Waals surface area contributed by atoms with Gasteiger partial charge >= 0.3 is 0 Å². The molecule has 16 heavy (non-hydrogen) atoms. The summed E-state index contributed by atoms with van der Waals surface area (Å²) < 4.78 is 23.7. The summed E-state index contributed by atoms with van der Waals surface area (Å²) in [7, 11) is -3.13. The zero-order valence-corrected chi connectivity index (χ0v) is 10.6. The maximum atomic E-state index is 11.2. The molecule has 0 aliphatic rings. The number of nitrogens with two attached hydrogens (primary N) is 1. The first-order valence-corrected chi connectivity index (χ1v) is 7.17. The van der Waals surface area contributed by atoms with Crippen LogP contribution in [0.3, 0.4) is 0 Å². The van der Waals surface area contributed by atoms with Crippen molar-refractivity contribution in [2.24, 2.45) is 5.73 Å². The van der Waals surface area contributed by atoms with Crippen LogP contribution in [0.5, 0.6) is 0 Å². The maximum Gasteiger partial charge on any atom is 0.220 e. The molecule has 0 aliphatic heterocycles. The molecule has 6 nitrogen and oxygen atoms in total. The number of carbonyl (C=O) groups is 1. The van der Waals surface area contributed by atoms with Crippen molar-refractivity contribution in [3.05, 3.63) is 0 Å². The number of hydrogen-bond donors (Lipinski definition) is 3. The Morgan fingerprint density at radius 3 is 2.50 bits per heavy atom. The van der Waals surface area contributed by atoms with E-state index in [9.17, 15) is 13.2 Å². The van der Waals surface area contributed by atoms with Gasteiger partial charge in [0.25, 0.3) is 0 Å². The van der Waals surface area contributed by atoms with Crippen LogP contribution in [0.25, 0.3) is 0 Å². The molecule has 0 saturated heterocycles. The summed E-state index contributed by atoms with van der Waals surface area (Å²) in [5, 5.41) is 2.69. The summed E-state index contributed by atoms with van der Waals surface area (Å²) in [6, 6.07) is 0.0256. The molecule has 0 aromatic rings. The number of rotatable bonds is 8. The van der Waals surface area contributed by atoms with Crippen LogP contribution in [0.2, 0.25) is 0 Å². The van der Waals surface area contributed by atoms with Gasteiger partial charge in [-0.25, -0.2) is 13.1 Å². The van der Waals surface area contributed by atoms with Crippen LogP contribution in [0.4, 0.5) is 0 Å². The molecule has 0 aromatic heterocycles. The summed E-state index contributed by atoms with van der Waals surface area (Å²) in [4.78, 5) is 11.2. The molecule has 0 rings (SSSR count). The summed E-state index contributed by atoms with van der Waals surface area (Å²) in [6.45, 7) is 2.66. The zero-order valence-electron chi connectivity index (χ0n) is 9.82. The van der Waals surface area contributed by atoms with Gasteiger partial charge in [-0.3, -0.25) is 4.79 Å². The first-order valence-electron chi connectivity index (χ1n) is 5.28. The van der Waals surface area contributed by atoms with E-state index in [4.69, 9.17) is 5.73 Å². The average Bonchev–Trinajstić information content (AvgIpc) is 2.12. The molecular formula is C9H21N3O3S. The van der Waals surface area contributed by atoms with Crippen LogP contribution in [-0.4, -0.2) is 39.7 Å². The Kier molecular flexibility index (Phi) is 7.27. The van der Waals surface area contributed by atoms with Crippen molar-refractivity contribution in [2.45, 2.75) is 32.2 Å². The minimum absolute atomic E-state index is 0.0256. The second-order valence-corrected chi connectivity index (χ2v) is 5.72. The molecule has 0 bridgehead atoms. The number of carbonyl (C=O) groups excluding carboxylic acids is 1. The lowest BCUT2D eigenvalue weighted by Crippen LogP contribution is -2.30. The van der Waals surface area contributed by atoms with Crippen LogP contribution >= 0.6 is 0 Å². The van der Waals surface area contributed by atoms with Crippen LogP contribution in [0.1, 0.15) is 26.2 Å². The quantitative estimate of drug-likeness (QED) is 0.490. The molecule has 0 spiro atoms. The molecule has 0 fully saturated rings. The number of nitrogens with one attached hydrogen (secondary N) is 2. The summed E-state index contributed by atoms with van der Waals surface area (Å²) in [6.07, 6.45) is 2.76. The smallest absolute Gasteiger partial charge is 0.220 e. The molecule has 0 saturated carbocycles. The normalized spacial score (nSPS) is 13.4. The van der Waals surface area contributed by atoms with Crippen LogP contribution < -0.4 is 15.8 Å². The van der Waals surface area contributed by atoms with E-state index in [-0.39, 0.29) is 11.9 Å². The van der Waals surface area contributed by atoms with Crippen molar-refractivity contribution in [1.82, 2.24) is 10.0 Å². The fourth-order valence-electron chi connectivity index (χ4n) is 1.02. The van der Waals surface area contributed by atoms with Crippen molar-refractivity contribution >= 4 is 15.9 Å². The van der Waals surface area contributed by atoms with Gasteiger partial charge in [-0.05, 0) is 19.8 Å². The highest BCUT2D eigenvalue weighted by atomic mass is 32.2. The fourth-order valence-corrected chi connectivity index (χ4v) is 1.54. The molecule has 0 aromatic carbocycles. The molecule has 4 N–H and O–H groups in total. The van der Waals surface area contributed by atoms with Gasteiger partial charge in [0.15, 0.2) is 0 Å². The van der Waals surface area contributed by atoms with E-state index in [1.54, 1.807) is 0 Å². The van der Waals surface area contributed by atoms with Gasteiger partial charge < -0.3 is 11.1 Å². The standard InChI is InChI=1S/C9H21N3O3S/c1-8(10)4-5-9(13)11-6-3-7-12-16(2,14)15/h8,12H,3-7,10H2,1-2H3,(H,11,13). The first kappa shape index (κ1) is 15.3. The Labute approximate surface area is 97.0 Å². The van der Waals surface area contributed by atoms with Gasteiger partial charge in [-0.2, -0.15) is 0 Å². The largest absolute Gasteiger partial charge is 0.356 e. The van der Waals surface area contributed by atoms with Crippen molar-refractivity contribution in [3.63, 3.8) is 0 Å². The van der Waals surface area contributed by atoms with E-state index in [1.165, 1.54) is 0 Å². The van der Waals surface area contributed by atoms with E-state index < -0.39 is 10.0 Å². The predicted molar refractivity (Wildman–Crippen MR) is 63.4 cm³/mol. The van der Waals surface area contributed by atoms with Gasteiger partial charge in [-0.15, -0.1) is 0 Å². The van der Waals surface area contributed by atoms with Gasteiger partial charge in [0.1, 0.15) is 0 Å². The molecule has 0 aliphatic carbocycles. The van der Waals surface area contributed by atoms with E-state index in [0.29, 0.717) is 32.4 Å². The third-order valence-corrected chi connectivity index (χ3v) is 2.60. The van der Waals surface area contributed by atoms with Crippen LogP contribution in [0.15, 0.2) is 0 Å². The molecule has 7 heteroatoms. The molecule has 96 valence electrons. The van der Waals surface area contributed by atoms with Gasteiger partial charge in [0.2, 0.25) is 15.9 Å². The highest BCUT2D eigenvalue weighted by molar-refractivity contribution is 7.88. The Morgan fingerprint density at radius 2 is 2.00 bits per heavy atom. The van der Waals surface area contributed by atoms with E-state index in [0.717, 1.165) is 6.26 Å². The zero-order chi connectivity index (χ0) is 12.6. The minimum Gasteiger partial charge on any atom is -0.356 e. The first-order chi connectivity index (χ1) is 7.31. The number of sulfonamides is 1. The molecule has 0 heterocycles. The second-order valence-electron chi connectivity index (χ2n) is 3.89. The molecule has 0 radical (unpaired) electrons. The average molecular weight is 251 g/mol. The maximum absolute atomic E-state index is 11.2. The lowest BCUT2D eigenvalue weighted by Gasteiger charge is -2.07. The van der Waals surface area contributed by atoms with Crippen molar-refractivity contribution in [2.75, 3.05) is 19.3 Å². The van der Waals surface area contributed by atoms with Crippen LogP contribution in [-0.2, 0) is 14.8 Å². The Bertz CT molecular complexity index is 301. The molecule has 1 atom stereocenters. The van der Waals surface area contributed by atoms with Gasteiger partial charge in [-0.1, -0.05) is 0 Å². The Hall–Kier alpha value is -0.660. The van der Waals surface area contributed by atoms with Crippen molar-refractivity contribution < 1.29 is 13.2 Å². The third-order valence-electron chi connectivity index (χ3n) is 1.87. The Balaban J connectivity index is 3.42. The van der Waals surface area contributed by atoms with E-state index in [2.05, 4.69) is 10.0 Å². The third kappa shape index (κ3) is 11.4. The monoisotopic (exact) mass is 251 g/mol. The van der Waals surface area contributed by atoms with E-state index >= 15 is 0 Å². The van der Waals surface area contributed by atoms with Crippen molar-refractivity contribution in [3.8, 4) is 0 Å². The highest BCUT2D eigenvalue weighted by Crippen LogP contribution is 1.92. The number of amides is 1. The summed E-state index contributed by atoms with van der Waals surface area (Å²) >= 11 is 0. The topological polar surface area (TPSA) is 101 Å². The fraction of sp³-hybridized carbons (Fsp3) is 0.889. The van der Waals surface area contributed by atoms with Crippen molar-refractivity contribution in [1.29, 1.82) is 0 Å².